The van der Waals surface area contributed by atoms with Crippen LogP contribution in [-0.2, 0) is 10.3 Å². The number of carbonyl (C=O) groups excluding carboxylic acids is 1. The molecule has 1 aromatic heterocycles. The lowest BCUT2D eigenvalue weighted by Crippen LogP contribution is -2.49. The molecule has 1 amide bonds. The predicted octanol–water partition coefficient (Wildman–Crippen LogP) is 1.19. The maximum absolute atomic E-state index is 12.0. The first-order valence-electron chi connectivity index (χ1n) is 6.39. The lowest BCUT2D eigenvalue weighted by atomic mass is 9.91. The zero-order valence-corrected chi connectivity index (χ0v) is 11.6. The third-order valence-electron chi connectivity index (χ3n) is 3.01. The first-order chi connectivity index (χ1) is 8.91. The number of nitrogens with zero attached hydrogens (tertiary/aromatic N) is 2. The van der Waals surface area contributed by atoms with Gasteiger partial charge < -0.3 is 15.4 Å². The van der Waals surface area contributed by atoms with Gasteiger partial charge in [0.1, 0.15) is 11.9 Å². The summed E-state index contributed by atoms with van der Waals surface area (Å²) in [5, 5.41) is 6.22. The number of rotatable bonds is 2. The summed E-state index contributed by atoms with van der Waals surface area (Å²) in [5.74, 6) is 0. The fourth-order valence-corrected chi connectivity index (χ4v) is 2.16. The summed E-state index contributed by atoms with van der Waals surface area (Å²) in [6.45, 7) is 7.03. The average Bonchev–Trinajstić information content (AvgIpc) is 2.77. The van der Waals surface area contributed by atoms with Crippen molar-refractivity contribution in [2.24, 2.45) is 0 Å². The van der Waals surface area contributed by atoms with Crippen LogP contribution in [0.5, 0.6) is 0 Å². The van der Waals surface area contributed by atoms with E-state index in [1.807, 2.05) is 20.8 Å². The van der Waals surface area contributed by atoms with Crippen LogP contribution in [0.2, 0.25) is 0 Å². The third kappa shape index (κ3) is 3.41. The SMILES string of the molecule is CC(C)(C)OC(=O)NC1(c2cncnc2)CCNC1. The number of ether oxygens (including phenoxy) is 1. The van der Waals surface area contributed by atoms with Crippen molar-refractivity contribution in [2.75, 3.05) is 13.1 Å². The first-order valence-corrected chi connectivity index (χ1v) is 6.39. The van der Waals surface area contributed by atoms with Crippen molar-refractivity contribution in [3.05, 3.63) is 24.3 Å². The van der Waals surface area contributed by atoms with Crippen molar-refractivity contribution in [3.8, 4) is 0 Å². The van der Waals surface area contributed by atoms with Crippen molar-refractivity contribution < 1.29 is 9.53 Å². The van der Waals surface area contributed by atoms with Crippen molar-refractivity contribution in [1.29, 1.82) is 0 Å². The summed E-state index contributed by atoms with van der Waals surface area (Å²) >= 11 is 0. The molecule has 0 saturated carbocycles. The molecule has 2 heterocycles. The molecular weight excluding hydrogens is 244 g/mol. The van der Waals surface area contributed by atoms with E-state index in [1.54, 1.807) is 12.4 Å². The molecule has 0 aromatic carbocycles. The Balaban J connectivity index is 2.15. The fraction of sp³-hybridized carbons (Fsp3) is 0.615. The molecule has 0 radical (unpaired) electrons. The molecule has 1 saturated heterocycles. The molecule has 6 heteroatoms. The molecule has 1 aliphatic heterocycles. The number of carbonyl (C=O) groups is 1. The molecule has 1 aliphatic rings. The fourth-order valence-electron chi connectivity index (χ4n) is 2.16. The Morgan fingerprint density at radius 3 is 2.63 bits per heavy atom. The molecule has 0 aliphatic carbocycles. The van der Waals surface area contributed by atoms with Crippen molar-refractivity contribution in [2.45, 2.75) is 38.3 Å². The van der Waals surface area contributed by atoms with Crippen LogP contribution in [0, 0.1) is 0 Å². The summed E-state index contributed by atoms with van der Waals surface area (Å²) in [4.78, 5) is 20.0. The minimum atomic E-state index is -0.509. The molecule has 0 bridgehead atoms. The molecule has 6 nitrogen and oxygen atoms in total. The maximum Gasteiger partial charge on any atom is 0.408 e. The van der Waals surface area contributed by atoms with Crippen LogP contribution < -0.4 is 10.6 Å². The predicted molar refractivity (Wildman–Crippen MR) is 70.6 cm³/mol. The van der Waals surface area contributed by atoms with Gasteiger partial charge in [-0.3, -0.25) is 0 Å². The van der Waals surface area contributed by atoms with Gasteiger partial charge in [-0.15, -0.1) is 0 Å². The van der Waals surface area contributed by atoms with Gasteiger partial charge >= 0.3 is 6.09 Å². The number of alkyl carbamates (subject to hydrolysis) is 1. The number of nitrogens with one attached hydrogen (secondary N) is 2. The van der Waals surface area contributed by atoms with Gasteiger partial charge in [-0.05, 0) is 33.7 Å². The first kappa shape index (κ1) is 13.7. The van der Waals surface area contributed by atoms with Gasteiger partial charge in [-0.1, -0.05) is 0 Å². The third-order valence-corrected chi connectivity index (χ3v) is 3.01. The molecule has 1 atom stereocenters. The highest BCUT2D eigenvalue weighted by Gasteiger charge is 2.38. The second-order valence-corrected chi connectivity index (χ2v) is 5.76. The van der Waals surface area contributed by atoms with Crippen LogP contribution in [0.25, 0.3) is 0 Å². The largest absolute Gasteiger partial charge is 0.444 e. The Bertz CT molecular complexity index is 436. The Morgan fingerprint density at radius 1 is 1.42 bits per heavy atom. The second kappa shape index (κ2) is 5.13. The summed E-state index contributed by atoms with van der Waals surface area (Å²) in [5.41, 5.74) is -0.0977. The second-order valence-electron chi connectivity index (χ2n) is 5.76. The van der Waals surface area contributed by atoms with Crippen molar-refractivity contribution in [1.82, 2.24) is 20.6 Å². The van der Waals surface area contributed by atoms with Crippen LogP contribution in [0.1, 0.15) is 32.8 Å². The van der Waals surface area contributed by atoms with Gasteiger partial charge in [-0.2, -0.15) is 0 Å². The monoisotopic (exact) mass is 264 g/mol. The molecule has 1 unspecified atom stereocenters. The van der Waals surface area contributed by atoms with E-state index in [2.05, 4.69) is 20.6 Å². The number of aromatic nitrogens is 2. The average molecular weight is 264 g/mol. The molecule has 104 valence electrons. The summed E-state index contributed by atoms with van der Waals surface area (Å²) < 4.78 is 5.33. The molecule has 0 spiro atoms. The highest BCUT2D eigenvalue weighted by atomic mass is 16.6. The van der Waals surface area contributed by atoms with Crippen molar-refractivity contribution >= 4 is 6.09 Å². The normalized spacial score (nSPS) is 23.1. The maximum atomic E-state index is 12.0. The minimum Gasteiger partial charge on any atom is -0.444 e. The van der Waals surface area contributed by atoms with E-state index in [4.69, 9.17) is 4.74 Å². The van der Waals surface area contributed by atoms with E-state index in [0.717, 1.165) is 18.5 Å². The summed E-state index contributed by atoms with van der Waals surface area (Å²) in [7, 11) is 0. The standard InChI is InChI=1S/C13H20N4O2/c1-12(2,3)19-11(18)17-13(4-5-14-8-13)10-6-15-9-16-7-10/h6-7,9,14H,4-5,8H2,1-3H3,(H,17,18). The van der Waals surface area contributed by atoms with Crippen LogP contribution in [-0.4, -0.2) is 34.8 Å². The van der Waals surface area contributed by atoms with Crippen LogP contribution in [0.3, 0.4) is 0 Å². The quantitative estimate of drug-likeness (QED) is 0.839. The van der Waals surface area contributed by atoms with E-state index < -0.39 is 17.2 Å². The highest BCUT2D eigenvalue weighted by Crippen LogP contribution is 2.27. The molecular formula is C13H20N4O2. The van der Waals surface area contributed by atoms with Crippen LogP contribution in [0.4, 0.5) is 4.79 Å². The van der Waals surface area contributed by atoms with Crippen molar-refractivity contribution in [3.63, 3.8) is 0 Å². The van der Waals surface area contributed by atoms with Gasteiger partial charge in [0.05, 0.1) is 5.54 Å². The van der Waals surface area contributed by atoms with Crippen LogP contribution >= 0.6 is 0 Å². The molecule has 1 fully saturated rings. The zero-order valence-electron chi connectivity index (χ0n) is 11.6. The minimum absolute atomic E-state index is 0.417. The molecule has 1 aromatic rings. The lowest BCUT2D eigenvalue weighted by Gasteiger charge is -2.31. The Labute approximate surface area is 113 Å². The zero-order chi connectivity index (χ0) is 13.9. The number of hydrogen-bond acceptors (Lipinski definition) is 5. The van der Waals surface area contributed by atoms with Gasteiger partial charge in [-0.25, -0.2) is 14.8 Å². The van der Waals surface area contributed by atoms with Gasteiger partial charge in [0.25, 0.3) is 0 Å². The van der Waals surface area contributed by atoms with Gasteiger partial charge in [0.2, 0.25) is 0 Å². The Hall–Kier alpha value is -1.69. The van der Waals surface area contributed by atoms with E-state index in [9.17, 15) is 4.79 Å². The van der Waals surface area contributed by atoms with Gasteiger partial charge in [0.15, 0.2) is 0 Å². The summed E-state index contributed by atoms with van der Waals surface area (Å²) in [6, 6.07) is 0. The van der Waals surface area contributed by atoms with E-state index >= 15 is 0 Å². The number of amides is 1. The van der Waals surface area contributed by atoms with E-state index in [1.165, 1.54) is 6.33 Å². The number of hydrogen-bond donors (Lipinski definition) is 2. The Morgan fingerprint density at radius 2 is 2.11 bits per heavy atom. The van der Waals surface area contributed by atoms with E-state index in [-0.39, 0.29) is 0 Å². The lowest BCUT2D eigenvalue weighted by molar-refractivity contribution is 0.0460. The topological polar surface area (TPSA) is 76.1 Å². The molecule has 19 heavy (non-hydrogen) atoms. The highest BCUT2D eigenvalue weighted by molar-refractivity contribution is 5.69. The van der Waals surface area contributed by atoms with E-state index in [0.29, 0.717) is 6.54 Å². The molecule has 2 rings (SSSR count). The molecule has 2 N–H and O–H groups in total. The van der Waals surface area contributed by atoms with Gasteiger partial charge in [0, 0.05) is 24.5 Å². The van der Waals surface area contributed by atoms with Crippen LogP contribution in [0.15, 0.2) is 18.7 Å². The Kier molecular flexibility index (Phi) is 3.71. The summed E-state index contributed by atoms with van der Waals surface area (Å²) in [6.07, 6.45) is 5.32. The smallest absolute Gasteiger partial charge is 0.408 e.